The van der Waals surface area contributed by atoms with E-state index in [1.54, 1.807) is 0 Å². The first-order valence-corrected chi connectivity index (χ1v) is 9.71. The van der Waals surface area contributed by atoms with Crippen LogP contribution in [-0.4, -0.2) is 21.4 Å². The molecule has 29 heavy (non-hydrogen) atoms. The van der Waals surface area contributed by atoms with Gasteiger partial charge in [0.2, 0.25) is 11.6 Å². The smallest absolute Gasteiger partial charge is 0.346 e. The molecule has 0 bridgehead atoms. The van der Waals surface area contributed by atoms with Gasteiger partial charge in [0, 0.05) is 18.8 Å². The second-order valence-electron chi connectivity index (χ2n) is 7.49. The third-order valence-electron chi connectivity index (χ3n) is 5.26. The molecule has 0 amide bonds. The molecule has 0 saturated heterocycles. The molecule has 0 radical (unpaired) electrons. The average molecular weight is 389 g/mol. The molecule has 148 valence electrons. The lowest BCUT2D eigenvalue weighted by Crippen LogP contribution is -2.31. The highest BCUT2D eigenvalue weighted by atomic mass is 16.6. The average Bonchev–Trinajstić information content (AvgIpc) is 2.73. The summed E-state index contributed by atoms with van der Waals surface area (Å²) in [7, 11) is 0. The number of rotatable bonds is 5. The zero-order valence-electron chi connectivity index (χ0n) is 16.5. The second-order valence-corrected chi connectivity index (χ2v) is 7.49. The first kappa shape index (κ1) is 18.9. The number of nitrogens with zero attached hydrogens (tertiary/aromatic N) is 4. The molecule has 0 saturated carbocycles. The van der Waals surface area contributed by atoms with Gasteiger partial charge in [0.15, 0.2) is 0 Å². The van der Waals surface area contributed by atoms with Gasteiger partial charge in [-0.25, -0.2) is 9.97 Å². The van der Waals surface area contributed by atoms with E-state index in [2.05, 4.69) is 41.3 Å². The molecule has 0 atom stereocenters. The highest BCUT2D eigenvalue weighted by Gasteiger charge is 2.29. The van der Waals surface area contributed by atoms with E-state index in [0.717, 1.165) is 12.1 Å². The van der Waals surface area contributed by atoms with E-state index in [-0.39, 0.29) is 11.5 Å². The largest absolute Gasteiger partial charge is 0.353 e. The molecule has 0 fully saturated rings. The van der Waals surface area contributed by atoms with Gasteiger partial charge in [-0.1, -0.05) is 50.2 Å². The monoisotopic (exact) mass is 389 g/mol. The maximum absolute atomic E-state index is 11.9. The maximum Gasteiger partial charge on any atom is 0.353 e. The number of aromatic nitrogens is 2. The minimum atomic E-state index is -0.402. The van der Waals surface area contributed by atoms with Crippen LogP contribution in [0.2, 0.25) is 0 Å². The number of hydrogen-bond acceptors (Lipinski definition) is 6. The second kappa shape index (κ2) is 7.87. The Kier molecular flexibility index (Phi) is 5.12. The SMILES string of the molecule is CC(C)c1ccc(Nc2ncnc(N3CCc4ccccc4C3)c2[N+](=O)[O-])cc1. The number of nitro groups is 1. The fraction of sp³-hybridized carbons (Fsp3) is 0.273. The van der Waals surface area contributed by atoms with E-state index in [1.807, 2.05) is 41.3 Å². The molecule has 2 heterocycles. The molecule has 1 N–H and O–H groups in total. The summed E-state index contributed by atoms with van der Waals surface area (Å²) in [6.07, 6.45) is 2.21. The van der Waals surface area contributed by atoms with E-state index in [9.17, 15) is 10.1 Å². The molecule has 1 aliphatic rings. The third-order valence-corrected chi connectivity index (χ3v) is 5.26. The van der Waals surface area contributed by atoms with Crippen molar-refractivity contribution in [3.8, 4) is 0 Å². The van der Waals surface area contributed by atoms with Crippen LogP contribution in [0, 0.1) is 10.1 Å². The quantitative estimate of drug-likeness (QED) is 0.498. The normalized spacial score (nSPS) is 13.3. The topological polar surface area (TPSA) is 84.2 Å². The van der Waals surface area contributed by atoms with Crippen molar-refractivity contribution < 1.29 is 4.92 Å². The Bertz CT molecular complexity index is 1030. The molecule has 0 aliphatic carbocycles. The third kappa shape index (κ3) is 3.89. The molecular weight excluding hydrogens is 366 g/mol. The summed E-state index contributed by atoms with van der Waals surface area (Å²) in [5.41, 5.74) is 4.32. The fourth-order valence-electron chi connectivity index (χ4n) is 3.63. The zero-order valence-corrected chi connectivity index (χ0v) is 16.5. The molecule has 0 spiro atoms. The van der Waals surface area contributed by atoms with Crippen molar-refractivity contribution in [3.63, 3.8) is 0 Å². The lowest BCUT2D eigenvalue weighted by Gasteiger charge is -2.29. The summed E-state index contributed by atoms with van der Waals surface area (Å²) in [5, 5.41) is 15.0. The van der Waals surface area contributed by atoms with Crippen molar-refractivity contribution in [1.29, 1.82) is 0 Å². The Labute approximate surface area is 169 Å². The van der Waals surface area contributed by atoms with Crippen LogP contribution in [0.3, 0.4) is 0 Å². The molecule has 7 nitrogen and oxygen atoms in total. The van der Waals surface area contributed by atoms with Crippen LogP contribution in [0.1, 0.15) is 36.5 Å². The standard InChI is InChI=1S/C22H23N5O2/c1-15(2)16-7-9-19(10-8-16)25-21-20(27(28)29)22(24-14-23-21)26-12-11-17-5-3-4-6-18(17)13-26/h3-10,14-15H,11-13H2,1-2H3,(H,23,24,25). The van der Waals surface area contributed by atoms with Gasteiger partial charge < -0.3 is 10.2 Å². The molecule has 3 aromatic rings. The highest BCUT2D eigenvalue weighted by molar-refractivity contribution is 5.74. The minimum absolute atomic E-state index is 0.0974. The maximum atomic E-state index is 11.9. The summed E-state index contributed by atoms with van der Waals surface area (Å²) in [4.78, 5) is 21.9. The molecule has 0 unspecified atom stereocenters. The van der Waals surface area contributed by atoms with Gasteiger partial charge in [0.1, 0.15) is 6.33 Å². The van der Waals surface area contributed by atoms with Gasteiger partial charge in [0.25, 0.3) is 0 Å². The van der Waals surface area contributed by atoms with Crippen molar-refractivity contribution >= 4 is 23.0 Å². The Balaban J connectivity index is 1.65. The lowest BCUT2D eigenvalue weighted by molar-refractivity contribution is -0.383. The van der Waals surface area contributed by atoms with Crippen molar-refractivity contribution in [2.45, 2.75) is 32.7 Å². The van der Waals surface area contributed by atoms with Gasteiger partial charge >= 0.3 is 5.69 Å². The van der Waals surface area contributed by atoms with E-state index >= 15 is 0 Å². The Morgan fingerprint density at radius 2 is 1.79 bits per heavy atom. The van der Waals surface area contributed by atoms with Crippen LogP contribution in [0.4, 0.5) is 23.0 Å². The van der Waals surface area contributed by atoms with Crippen LogP contribution in [0.5, 0.6) is 0 Å². The van der Waals surface area contributed by atoms with E-state index in [0.29, 0.717) is 24.8 Å². The minimum Gasteiger partial charge on any atom is -0.346 e. The van der Waals surface area contributed by atoms with Crippen LogP contribution < -0.4 is 10.2 Å². The summed E-state index contributed by atoms with van der Waals surface area (Å²) in [6, 6.07) is 16.0. The molecule has 7 heteroatoms. The number of nitrogens with one attached hydrogen (secondary N) is 1. The molecule has 2 aromatic carbocycles. The van der Waals surface area contributed by atoms with E-state index in [4.69, 9.17) is 0 Å². The number of benzene rings is 2. The Morgan fingerprint density at radius 1 is 1.07 bits per heavy atom. The molecular formula is C22H23N5O2. The summed E-state index contributed by atoms with van der Waals surface area (Å²) >= 11 is 0. The summed E-state index contributed by atoms with van der Waals surface area (Å²) < 4.78 is 0. The zero-order chi connectivity index (χ0) is 20.4. The fourth-order valence-corrected chi connectivity index (χ4v) is 3.63. The summed E-state index contributed by atoms with van der Waals surface area (Å²) in [6.45, 7) is 5.52. The highest BCUT2D eigenvalue weighted by Crippen LogP contribution is 2.35. The van der Waals surface area contributed by atoms with Crippen LogP contribution in [-0.2, 0) is 13.0 Å². The first-order valence-electron chi connectivity index (χ1n) is 9.71. The Hall–Kier alpha value is -3.48. The van der Waals surface area contributed by atoms with Crippen molar-refractivity contribution in [3.05, 3.63) is 81.7 Å². The number of hydrogen-bond donors (Lipinski definition) is 1. The summed E-state index contributed by atoms with van der Waals surface area (Å²) in [5.74, 6) is 0.975. The van der Waals surface area contributed by atoms with E-state index in [1.165, 1.54) is 23.0 Å². The van der Waals surface area contributed by atoms with Crippen molar-refractivity contribution in [1.82, 2.24) is 9.97 Å². The lowest BCUT2D eigenvalue weighted by atomic mass is 10.00. The molecule has 4 rings (SSSR count). The van der Waals surface area contributed by atoms with Gasteiger partial charge in [-0.3, -0.25) is 10.1 Å². The molecule has 1 aliphatic heterocycles. The number of fused-ring (bicyclic) bond motifs is 1. The van der Waals surface area contributed by atoms with Crippen LogP contribution >= 0.6 is 0 Å². The van der Waals surface area contributed by atoms with E-state index < -0.39 is 4.92 Å². The van der Waals surface area contributed by atoms with Gasteiger partial charge in [-0.05, 0) is 41.2 Å². The number of anilines is 3. The van der Waals surface area contributed by atoms with Crippen LogP contribution in [0.25, 0.3) is 0 Å². The van der Waals surface area contributed by atoms with Gasteiger partial charge in [0.05, 0.1) is 4.92 Å². The predicted octanol–water partition coefficient (Wildman–Crippen LogP) is 4.81. The first-order chi connectivity index (χ1) is 14.0. The van der Waals surface area contributed by atoms with Gasteiger partial charge in [-0.2, -0.15) is 0 Å². The van der Waals surface area contributed by atoms with Crippen molar-refractivity contribution in [2.75, 3.05) is 16.8 Å². The van der Waals surface area contributed by atoms with Gasteiger partial charge in [-0.15, -0.1) is 0 Å². The molecule has 1 aromatic heterocycles. The Morgan fingerprint density at radius 3 is 2.48 bits per heavy atom. The van der Waals surface area contributed by atoms with Crippen LogP contribution in [0.15, 0.2) is 54.9 Å². The predicted molar refractivity (Wildman–Crippen MR) is 114 cm³/mol. The van der Waals surface area contributed by atoms with Crippen molar-refractivity contribution in [2.24, 2.45) is 0 Å².